The fourth-order valence-corrected chi connectivity index (χ4v) is 8.54. The SMILES string of the molecule is CCCCCCCCCCCCCCC(=O)OC[C@@H](COC(=O)CCCCCCCCCCCCCCCCCCCCC(C)CC)OC(=O)CCCCCCCCCCCC. The second-order valence-electron chi connectivity index (χ2n) is 19.5. The van der Waals surface area contributed by atoms with Crippen LogP contribution in [-0.4, -0.2) is 37.2 Å². The molecule has 0 saturated heterocycles. The van der Waals surface area contributed by atoms with Crippen LogP contribution >= 0.6 is 0 Å². The predicted octanol–water partition coefficient (Wildman–Crippen LogP) is 18.2. The van der Waals surface area contributed by atoms with Gasteiger partial charge >= 0.3 is 17.9 Å². The molecule has 0 aromatic carbocycles. The van der Waals surface area contributed by atoms with E-state index in [-0.39, 0.29) is 31.1 Å². The van der Waals surface area contributed by atoms with Gasteiger partial charge in [-0.25, -0.2) is 0 Å². The Morgan fingerprint density at radius 2 is 0.565 bits per heavy atom. The molecule has 2 atom stereocenters. The number of unbranched alkanes of at least 4 members (excludes halogenated alkanes) is 37. The highest BCUT2D eigenvalue weighted by Gasteiger charge is 2.19. The molecule has 0 rings (SSSR count). The molecular formula is C56H108O6. The van der Waals surface area contributed by atoms with Crippen LogP contribution in [0.4, 0.5) is 0 Å². The standard InChI is InChI=1S/C56H108O6/c1-5-8-10-12-14-16-18-28-32-35-39-43-47-54(57)60-50-53(62-56(59)49-45-41-37-31-17-15-13-11-9-6-2)51-61-55(58)48-44-40-36-33-29-26-24-22-20-19-21-23-25-27-30-34-38-42-46-52(4)7-3/h52-53H,5-51H2,1-4H3/t52?,53-/m0/s1. The van der Waals surface area contributed by atoms with E-state index in [2.05, 4.69) is 27.7 Å². The van der Waals surface area contributed by atoms with Crippen LogP contribution < -0.4 is 0 Å². The van der Waals surface area contributed by atoms with E-state index in [4.69, 9.17) is 14.2 Å². The van der Waals surface area contributed by atoms with Gasteiger partial charge in [-0.2, -0.15) is 0 Å². The Hall–Kier alpha value is -1.59. The van der Waals surface area contributed by atoms with Crippen molar-refractivity contribution < 1.29 is 28.6 Å². The zero-order chi connectivity index (χ0) is 45.2. The number of carbonyl (C=O) groups is 3. The van der Waals surface area contributed by atoms with Crippen molar-refractivity contribution in [1.82, 2.24) is 0 Å². The van der Waals surface area contributed by atoms with Crippen LogP contribution in [0.25, 0.3) is 0 Å². The van der Waals surface area contributed by atoms with E-state index < -0.39 is 6.10 Å². The maximum atomic E-state index is 12.8. The predicted molar refractivity (Wildman–Crippen MR) is 266 cm³/mol. The highest BCUT2D eigenvalue weighted by molar-refractivity contribution is 5.71. The molecule has 0 heterocycles. The summed E-state index contributed by atoms with van der Waals surface area (Å²) in [6.07, 6.45) is 53.8. The minimum atomic E-state index is -0.760. The van der Waals surface area contributed by atoms with Crippen molar-refractivity contribution in [2.24, 2.45) is 5.92 Å². The molecule has 0 aliphatic carbocycles. The highest BCUT2D eigenvalue weighted by Crippen LogP contribution is 2.18. The fourth-order valence-electron chi connectivity index (χ4n) is 8.54. The zero-order valence-corrected chi connectivity index (χ0v) is 42.3. The van der Waals surface area contributed by atoms with Crippen molar-refractivity contribution in [2.45, 2.75) is 323 Å². The van der Waals surface area contributed by atoms with E-state index in [1.54, 1.807) is 0 Å². The number of ether oxygens (including phenoxy) is 3. The molecule has 0 saturated carbocycles. The summed E-state index contributed by atoms with van der Waals surface area (Å²) < 4.78 is 16.8. The van der Waals surface area contributed by atoms with Gasteiger partial charge in [0.15, 0.2) is 6.10 Å². The van der Waals surface area contributed by atoms with Crippen LogP contribution in [0.3, 0.4) is 0 Å². The van der Waals surface area contributed by atoms with Gasteiger partial charge in [0, 0.05) is 19.3 Å². The summed E-state index contributed by atoms with van der Waals surface area (Å²) in [4.78, 5) is 37.9. The number of hydrogen-bond donors (Lipinski definition) is 0. The molecule has 0 fully saturated rings. The third-order valence-electron chi connectivity index (χ3n) is 13.2. The first kappa shape index (κ1) is 60.4. The maximum absolute atomic E-state index is 12.8. The van der Waals surface area contributed by atoms with Gasteiger partial charge in [-0.05, 0) is 25.2 Å². The Labute approximate surface area is 387 Å². The molecule has 0 radical (unpaired) electrons. The third-order valence-corrected chi connectivity index (χ3v) is 13.2. The monoisotopic (exact) mass is 877 g/mol. The first-order valence-electron chi connectivity index (χ1n) is 27.9. The van der Waals surface area contributed by atoms with Gasteiger partial charge in [0.1, 0.15) is 13.2 Å². The van der Waals surface area contributed by atoms with Gasteiger partial charge in [-0.3, -0.25) is 14.4 Å². The van der Waals surface area contributed by atoms with E-state index in [0.29, 0.717) is 19.3 Å². The van der Waals surface area contributed by atoms with Crippen LogP contribution in [0.15, 0.2) is 0 Å². The molecule has 62 heavy (non-hydrogen) atoms. The summed E-state index contributed by atoms with van der Waals surface area (Å²) in [6, 6.07) is 0. The average Bonchev–Trinajstić information content (AvgIpc) is 3.27. The zero-order valence-electron chi connectivity index (χ0n) is 42.3. The van der Waals surface area contributed by atoms with Crippen molar-refractivity contribution in [2.75, 3.05) is 13.2 Å². The van der Waals surface area contributed by atoms with Gasteiger partial charge in [-0.1, -0.05) is 278 Å². The molecule has 0 aliphatic heterocycles. The Balaban J connectivity index is 4.16. The van der Waals surface area contributed by atoms with Crippen LogP contribution in [0.5, 0.6) is 0 Å². The summed E-state index contributed by atoms with van der Waals surface area (Å²) in [7, 11) is 0. The normalized spacial score (nSPS) is 12.4. The molecule has 0 aromatic rings. The lowest BCUT2D eigenvalue weighted by atomic mass is 9.99. The van der Waals surface area contributed by atoms with Crippen molar-refractivity contribution in [1.29, 1.82) is 0 Å². The molecule has 0 aromatic heterocycles. The Morgan fingerprint density at radius 1 is 0.323 bits per heavy atom. The third kappa shape index (κ3) is 47.9. The summed E-state index contributed by atoms with van der Waals surface area (Å²) in [5, 5.41) is 0. The van der Waals surface area contributed by atoms with Crippen LogP contribution in [0.1, 0.15) is 317 Å². The minimum absolute atomic E-state index is 0.0623. The van der Waals surface area contributed by atoms with Crippen molar-refractivity contribution >= 4 is 17.9 Å². The fraction of sp³-hybridized carbons (Fsp3) is 0.946. The van der Waals surface area contributed by atoms with Gasteiger partial charge < -0.3 is 14.2 Å². The molecule has 6 nitrogen and oxygen atoms in total. The lowest BCUT2D eigenvalue weighted by Crippen LogP contribution is -2.30. The second kappa shape index (κ2) is 50.4. The quantitative estimate of drug-likeness (QED) is 0.0344. The highest BCUT2D eigenvalue weighted by atomic mass is 16.6. The Bertz CT molecular complexity index is 935. The lowest BCUT2D eigenvalue weighted by molar-refractivity contribution is -0.167. The average molecular weight is 877 g/mol. The van der Waals surface area contributed by atoms with Crippen molar-refractivity contribution in [3.8, 4) is 0 Å². The largest absolute Gasteiger partial charge is 0.462 e. The van der Waals surface area contributed by atoms with E-state index in [1.165, 1.54) is 212 Å². The van der Waals surface area contributed by atoms with Gasteiger partial charge in [0.05, 0.1) is 0 Å². The summed E-state index contributed by atoms with van der Waals surface area (Å²) in [5.41, 5.74) is 0. The molecular weight excluding hydrogens is 769 g/mol. The first-order valence-corrected chi connectivity index (χ1v) is 27.9. The van der Waals surface area contributed by atoms with Crippen LogP contribution in [0, 0.1) is 5.92 Å². The minimum Gasteiger partial charge on any atom is -0.462 e. The van der Waals surface area contributed by atoms with E-state index in [9.17, 15) is 14.4 Å². The Morgan fingerprint density at radius 3 is 0.839 bits per heavy atom. The lowest BCUT2D eigenvalue weighted by Gasteiger charge is -2.18. The van der Waals surface area contributed by atoms with Gasteiger partial charge in [0.25, 0.3) is 0 Å². The molecule has 0 N–H and O–H groups in total. The summed E-state index contributed by atoms with van der Waals surface area (Å²) in [6.45, 7) is 9.08. The number of esters is 3. The number of carbonyl (C=O) groups excluding carboxylic acids is 3. The molecule has 0 bridgehead atoms. The van der Waals surface area contributed by atoms with Crippen LogP contribution in [0.2, 0.25) is 0 Å². The van der Waals surface area contributed by atoms with E-state index in [1.807, 2.05) is 0 Å². The first-order chi connectivity index (χ1) is 30.4. The van der Waals surface area contributed by atoms with E-state index >= 15 is 0 Å². The maximum Gasteiger partial charge on any atom is 0.306 e. The molecule has 368 valence electrons. The molecule has 0 amide bonds. The number of rotatable bonds is 51. The van der Waals surface area contributed by atoms with E-state index in [0.717, 1.165) is 63.7 Å². The van der Waals surface area contributed by atoms with Crippen molar-refractivity contribution in [3.63, 3.8) is 0 Å². The number of hydrogen-bond acceptors (Lipinski definition) is 6. The second-order valence-corrected chi connectivity index (χ2v) is 19.5. The summed E-state index contributed by atoms with van der Waals surface area (Å²) in [5.74, 6) is 0.0684. The Kier molecular flexibility index (Phi) is 49.1. The molecule has 6 heteroatoms. The molecule has 1 unspecified atom stereocenters. The van der Waals surface area contributed by atoms with Gasteiger partial charge in [0.2, 0.25) is 0 Å². The van der Waals surface area contributed by atoms with Crippen LogP contribution in [-0.2, 0) is 28.6 Å². The summed E-state index contributed by atoms with van der Waals surface area (Å²) >= 11 is 0. The van der Waals surface area contributed by atoms with Gasteiger partial charge in [-0.15, -0.1) is 0 Å². The molecule has 0 aliphatic rings. The van der Waals surface area contributed by atoms with Crippen molar-refractivity contribution in [3.05, 3.63) is 0 Å². The molecule has 0 spiro atoms. The smallest absolute Gasteiger partial charge is 0.306 e. The topological polar surface area (TPSA) is 78.9 Å².